The highest BCUT2D eigenvalue weighted by Crippen LogP contribution is 2.54. The number of hydrogen-bond acceptors (Lipinski definition) is 8. The van der Waals surface area contributed by atoms with Gasteiger partial charge in [-0.05, 0) is 34.9 Å². The Morgan fingerprint density at radius 1 is 1.05 bits per heavy atom. The van der Waals surface area contributed by atoms with Crippen LogP contribution < -0.4 is 5.73 Å². The fraction of sp³-hybridized carbons (Fsp3) is 0.269. The highest BCUT2D eigenvalue weighted by Gasteiger charge is 2.69. The van der Waals surface area contributed by atoms with Crippen LogP contribution in [0, 0.1) is 35.3 Å². The first-order chi connectivity index (χ1) is 17.4. The molecule has 11 heteroatoms. The molecule has 37 heavy (non-hydrogen) atoms. The van der Waals surface area contributed by atoms with E-state index in [2.05, 4.69) is 0 Å². The van der Waals surface area contributed by atoms with Gasteiger partial charge in [-0.2, -0.15) is 0 Å². The molecule has 9 nitrogen and oxygen atoms in total. The summed E-state index contributed by atoms with van der Waals surface area (Å²) >= 11 is 0. The molecule has 0 aromatic heterocycles. The zero-order chi connectivity index (χ0) is 27.0. The number of carbonyl (C=O) groups is 5. The van der Waals surface area contributed by atoms with Crippen molar-refractivity contribution in [3.8, 4) is 5.75 Å². The van der Waals surface area contributed by atoms with E-state index in [0.717, 1.165) is 18.2 Å². The van der Waals surface area contributed by atoms with Crippen LogP contribution in [0.1, 0.15) is 27.9 Å². The number of carbonyl (C=O) groups excluding carboxylic acids is 5. The Balaban J connectivity index is 1.76. The van der Waals surface area contributed by atoms with E-state index in [1.807, 2.05) is 0 Å². The lowest BCUT2D eigenvalue weighted by atomic mass is 9.51. The summed E-state index contributed by atoms with van der Waals surface area (Å²) in [5.74, 6) is -16.0. The first-order valence-electron chi connectivity index (χ1n) is 11.2. The van der Waals surface area contributed by atoms with Gasteiger partial charge in [0.25, 0.3) is 0 Å². The average Bonchev–Trinajstić information content (AvgIpc) is 2.80. The Labute approximate surface area is 207 Å². The van der Waals surface area contributed by atoms with E-state index in [9.17, 15) is 48.1 Å². The number of hydrogen-bond donors (Lipinski definition) is 4. The van der Waals surface area contributed by atoms with Gasteiger partial charge in [0, 0.05) is 24.3 Å². The quantitative estimate of drug-likeness (QED) is 0.424. The second-order valence-electron chi connectivity index (χ2n) is 9.47. The third-order valence-electron chi connectivity index (χ3n) is 7.45. The molecule has 0 aliphatic heterocycles. The molecule has 2 aromatic carbocycles. The molecule has 0 heterocycles. The minimum absolute atomic E-state index is 0.0142. The van der Waals surface area contributed by atoms with E-state index in [4.69, 9.17) is 5.73 Å². The SMILES string of the molecule is NC(=O)C1C(=O)CC2C(O)C3C(=Cc4cc(F)cc(F)c4)c4cccc(O)c4C(=O)C3C(=O)C2(O)C1=O. The fourth-order valence-electron chi connectivity index (χ4n) is 5.87. The van der Waals surface area contributed by atoms with Gasteiger partial charge in [0.2, 0.25) is 5.91 Å². The maximum absolute atomic E-state index is 13.9. The van der Waals surface area contributed by atoms with Crippen LogP contribution in [0.2, 0.25) is 0 Å². The maximum Gasteiger partial charge on any atom is 0.235 e. The van der Waals surface area contributed by atoms with Crippen LogP contribution in [0.25, 0.3) is 11.6 Å². The summed E-state index contributed by atoms with van der Waals surface area (Å²) in [7, 11) is 0. The monoisotopic (exact) mass is 511 g/mol. The van der Waals surface area contributed by atoms with Crippen LogP contribution in [-0.4, -0.2) is 56.1 Å². The van der Waals surface area contributed by atoms with Gasteiger partial charge < -0.3 is 21.1 Å². The van der Waals surface area contributed by atoms with Crippen LogP contribution >= 0.6 is 0 Å². The molecule has 0 spiro atoms. The normalized spacial score (nSPS) is 32.1. The van der Waals surface area contributed by atoms with E-state index in [0.29, 0.717) is 6.07 Å². The smallest absolute Gasteiger partial charge is 0.235 e. The lowest BCUT2D eigenvalue weighted by molar-refractivity contribution is -0.185. The molecule has 6 unspecified atom stereocenters. The van der Waals surface area contributed by atoms with E-state index in [1.165, 1.54) is 18.2 Å². The zero-order valence-electron chi connectivity index (χ0n) is 18.9. The zero-order valence-corrected chi connectivity index (χ0v) is 18.9. The number of aliphatic hydroxyl groups excluding tert-OH is 1. The van der Waals surface area contributed by atoms with Crippen molar-refractivity contribution in [1.29, 1.82) is 0 Å². The van der Waals surface area contributed by atoms with Gasteiger partial charge >= 0.3 is 0 Å². The number of halogens is 2. The number of aliphatic hydroxyl groups is 2. The minimum Gasteiger partial charge on any atom is -0.507 e. The average molecular weight is 511 g/mol. The molecular weight excluding hydrogens is 492 g/mol. The lowest BCUT2D eigenvalue weighted by Gasteiger charge is -2.51. The van der Waals surface area contributed by atoms with E-state index < -0.39 is 88.2 Å². The maximum atomic E-state index is 13.9. The molecule has 0 bridgehead atoms. The number of rotatable bonds is 2. The largest absolute Gasteiger partial charge is 0.507 e. The molecule has 3 aliphatic rings. The summed E-state index contributed by atoms with van der Waals surface area (Å²) in [4.78, 5) is 64.6. The van der Waals surface area contributed by atoms with Crippen molar-refractivity contribution in [2.24, 2.45) is 29.4 Å². The van der Waals surface area contributed by atoms with Crippen molar-refractivity contribution < 1.29 is 48.1 Å². The number of phenols is 1. The van der Waals surface area contributed by atoms with Crippen LogP contribution in [0.4, 0.5) is 8.78 Å². The van der Waals surface area contributed by atoms with Crippen LogP contribution in [-0.2, 0) is 19.2 Å². The van der Waals surface area contributed by atoms with Gasteiger partial charge in [-0.3, -0.25) is 24.0 Å². The van der Waals surface area contributed by atoms with E-state index >= 15 is 0 Å². The Morgan fingerprint density at radius 2 is 1.70 bits per heavy atom. The third kappa shape index (κ3) is 3.38. The van der Waals surface area contributed by atoms with Crippen molar-refractivity contribution in [3.63, 3.8) is 0 Å². The molecule has 2 fully saturated rings. The molecule has 5 N–H and O–H groups in total. The molecule has 0 saturated heterocycles. The molecular formula is C26H19F2NO8. The van der Waals surface area contributed by atoms with Crippen molar-refractivity contribution in [2.45, 2.75) is 18.1 Å². The molecule has 2 aromatic rings. The molecule has 2 saturated carbocycles. The van der Waals surface area contributed by atoms with Gasteiger partial charge in [0.1, 0.15) is 17.4 Å². The summed E-state index contributed by atoms with van der Waals surface area (Å²) in [6.45, 7) is 0. The fourth-order valence-corrected chi connectivity index (χ4v) is 5.87. The number of Topliss-reactive ketones (excluding diaryl/α,β-unsaturated/α-hetero) is 4. The number of nitrogens with two attached hydrogens (primary N) is 1. The summed E-state index contributed by atoms with van der Waals surface area (Å²) in [5.41, 5.74) is 1.73. The molecule has 5 rings (SSSR count). The summed E-state index contributed by atoms with van der Waals surface area (Å²) in [6.07, 6.45) is -1.42. The van der Waals surface area contributed by atoms with E-state index in [1.54, 1.807) is 0 Å². The second-order valence-corrected chi connectivity index (χ2v) is 9.47. The number of aromatic hydroxyl groups is 1. The summed E-state index contributed by atoms with van der Waals surface area (Å²) in [6, 6.07) is 6.47. The number of amides is 1. The predicted octanol–water partition coefficient (Wildman–Crippen LogP) is 0.574. The molecule has 1 amide bonds. The minimum atomic E-state index is -3.08. The number of ketones is 4. The van der Waals surface area contributed by atoms with Crippen LogP contribution in [0.5, 0.6) is 5.75 Å². The Kier molecular flexibility index (Phi) is 5.46. The third-order valence-corrected chi connectivity index (χ3v) is 7.45. The van der Waals surface area contributed by atoms with Gasteiger partial charge in [0.05, 0.1) is 17.6 Å². The Bertz CT molecular complexity index is 1450. The van der Waals surface area contributed by atoms with Crippen LogP contribution in [0.3, 0.4) is 0 Å². The van der Waals surface area contributed by atoms with E-state index in [-0.39, 0.29) is 22.3 Å². The Morgan fingerprint density at radius 3 is 2.32 bits per heavy atom. The second kappa shape index (κ2) is 8.22. The number of fused-ring (bicyclic) bond motifs is 3. The molecule has 190 valence electrons. The van der Waals surface area contributed by atoms with Crippen molar-refractivity contribution >= 4 is 40.7 Å². The highest BCUT2D eigenvalue weighted by atomic mass is 19.1. The number of benzene rings is 2. The predicted molar refractivity (Wildman–Crippen MR) is 120 cm³/mol. The van der Waals surface area contributed by atoms with Crippen LogP contribution in [0.15, 0.2) is 36.4 Å². The molecule has 6 atom stereocenters. The summed E-state index contributed by atoms with van der Waals surface area (Å²) in [5, 5.41) is 33.1. The lowest BCUT2D eigenvalue weighted by Crippen LogP contribution is -2.72. The van der Waals surface area contributed by atoms with Gasteiger partial charge in [-0.25, -0.2) is 8.78 Å². The van der Waals surface area contributed by atoms with Crippen molar-refractivity contribution in [1.82, 2.24) is 0 Å². The molecule has 0 radical (unpaired) electrons. The topological polar surface area (TPSA) is 172 Å². The Hall–Kier alpha value is -4.09. The standard InChI is InChI=1S/C26H19F2NO8/c27-10-4-9(5-11(28)7-10)6-13-12-2-1-3-15(30)17(12)22(33)20-18(13)21(32)14-8-16(31)19(25(29)36)23(34)26(14,37)24(20)35/h1-7,14,18-21,30,32,37H,8H2,(H2,29,36). The van der Waals surface area contributed by atoms with Crippen molar-refractivity contribution in [2.75, 3.05) is 0 Å². The van der Waals surface area contributed by atoms with Gasteiger partial charge in [0.15, 0.2) is 34.7 Å². The first-order valence-corrected chi connectivity index (χ1v) is 11.2. The highest BCUT2D eigenvalue weighted by molar-refractivity contribution is 6.32. The first kappa shape index (κ1) is 24.6. The number of phenolic OH excluding ortho intramolecular Hbond substituents is 1. The van der Waals surface area contributed by atoms with Crippen molar-refractivity contribution in [3.05, 3.63) is 64.7 Å². The molecule has 3 aliphatic carbocycles. The number of primary amides is 1. The summed E-state index contributed by atoms with van der Waals surface area (Å²) < 4.78 is 27.8. The van der Waals surface area contributed by atoms with Gasteiger partial charge in [-0.1, -0.05) is 18.2 Å². The van der Waals surface area contributed by atoms with Gasteiger partial charge in [-0.15, -0.1) is 0 Å².